The Morgan fingerprint density at radius 2 is 1.67 bits per heavy atom. The lowest BCUT2D eigenvalue weighted by molar-refractivity contribution is -0.139. The molecular formula is C27H37N3O3. The van der Waals surface area contributed by atoms with Gasteiger partial charge < -0.3 is 19.1 Å². The van der Waals surface area contributed by atoms with Gasteiger partial charge in [0.15, 0.2) is 6.61 Å². The van der Waals surface area contributed by atoms with Crippen molar-refractivity contribution in [3.05, 3.63) is 53.9 Å². The highest BCUT2D eigenvalue weighted by Crippen LogP contribution is 2.32. The molecule has 6 nitrogen and oxygen atoms in total. The van der Waals surface area contributed by atoms with Crippen LogP contribution in [0.1, 0.15) is 80.9 Å². The minimum Gasteiger partial charge on any atom is -0.484 e. The SMILES string of the molecule is C[C@@H]1CCC[C@H](C)N1C(=O)COc1ccc(C(=O)N2CCCCC[C@@H]2c2cccn2C)cc1. The molecule has 0 radical (unpaired) electrons. The summed E-state index contributed by atoms with van der Waals surface area (Å²) < 4.78 is 7.91. The highest BCUT2D eigenvalue weighted by molar-refractivity contribution is 5.94. The lowest BCUT2D eigenvalue weighted by Gasteiger charge is -2.38. The van der Waals surface area contributed by atoms with E-state index in [2.05, 4.69) is 24.5 Å². The third kappa shape index (κ3) is 5.26. The van der Waals surface area contributed by atoms with E-state index in [-0.39, 0.29) is 36.5 Å². The van der Waals surface area contributed by atoms with Crippen LogP contribution in [0.2, 0.25) is 0 Å². The number of benzene rings is 1. The van der Waals surface area contributed by atoms with Gasteiger partial charge in [0.05, 0.1) is 6.04 Å². The number of piperidine rings is 1. The van der Waals surface area contributed by atoms with Gasteiger partial charge in [-0.1, -0.05) is 12.8 Å². The summed E-state index contributed by atoms with van der Waals surface area (Å²) in [5.41, 5.74) is 1.85. The Morgan fingerprint density at radius 1 is 0.939 bits per heavy atom. The van der Waals surface area contributed by atoms with E-state index in [0.29, 0.717) is 11.3 Å². The molecule has 6 heteroatoms. The van der Waals surface area contributed by atoms with Gasteiger partial charge in [0.1, 0.15) is 5.75 Å². The summed E-state index contributed by atoms with van der Waals surface area (Å²) in [5.74, 6) is 0.707. The average molecular weight is 452 g/mol. The largest absolute Gasteiger partial charge is 0.484 e. The number of hydrogen-bond donors (Lipinski definition) is 0. The molecule has 1 aromatic carbocycles. The molecule has 178 valence electrons. The molecule has 3 heterocycles. The number of nitrogens with zero attached hydrogens (tertiary/aromatic N) is 3. The number of ether oxygens (including phenoxy) is 1. The van der Waals surface area contributed by atoms with Gasteiger partial charge in [0.25, 0.3) is 11.8 Å². The Hall–Kier alpha value is -2.76. The van der Waals surface area contributed by atoms with Crippen molar-refractivity contribution in [3.63, 3.8) is 0 Å². The van der Waals surface area contributed by atoms with Gasteiger partial charge >= 0.3 is 0 Å². The number of aryl methyl sites for hydroxylation is 1. The molecular weight excluding hydrogens is 414 g/mol. The van der Waals surface area contributed by atoms with Gasteiger partial charge in [-0.15, -0.1) is 0 Å². The highest BCUT2D eigenvalue weighted by Gasteiger charge is 2.30. The van der Waals surface area contributed by atoms with Crippen LogP contribution in [0.4, 0.5) is 0 Å². The van der Waals surface area contributed by atoms with Crippen molar-refractivity contribution in [1.29, 1.82) is 0 Å². The molecule has 0 bridgehead atoms. The molecule has 0 unspecified atom stereocenters. The number of amides is 2. The van der Waals surface area contributed by atoms with Gasteiger partial charge in [-0.25, -0.2) is 0 Å². The van der Waals surface area contributed by atoms with E-state index in [1.54, 1.807) is 12.1 Å². The summed E-state index contributed by atoms with van der Waals surface area (Å²) in [4.78, 5) is 30.2. The van der Waals surface area contributed by atoms with Crippen LogP contribution in [-0.2, 0) is 11.8 Å². The van der Waals surface area contributed by atoms with Crippen molar-refractivity contribution in [2.24, 2.45) is 7.05 Å². The molecule has 2 fully saturated rings. The summed E-state index contributed by atoms with van der Waals surface area (Å²) in [6.07, 6.45) is 9.62. The number of rotatable bonds is 5. The molecule has 33 heavy (non-hydrogen) atoms. The van der Waals surface area contributed by atoms with E-state index in [0.717, 1.165) is 45.1 Å². The molecule has 2 amide bonds. The van der Waals surface area contributed by atoms with E-state index >= 15 is 0 Å². The maximum atomic E-state index is 13.4. The first kappa shape index (κ1) is 23.4. The Balaban J connectivity index is 1.41. The van der Waals surface area contributed by atoms with Crippen LogP contribution >= 0.6 is 0 Å². The summed E-state index contributed by atoms with van der Waals surface area (Å²) in [5, 5.41) is 0. The van der Waals surface area contributed by atoms with Crippen LogP contribution in [0.15, 0.2) is 42.6 Å². The molecule has 4 rings (SSSR count). The van der Waals surface area contributed by atoms with Crippen LogP contribution in [0.25, 0.3) is 0 Å². The zero-order chi connectivity index (χ0) is 23.4. The zero-order valence-electron chi connectivity index (χ0n) is 20.2. The van der Waals surface area contributed by atoms with Crippen LogP contribution < -0.4 is 4.74 Å². The molecule has 2 aliphatic rings. The second-order valence-electron chi connectivity index (χ2n) is 9.65. The van der Waals surface area contributed by atoms with Gasteiger partial charge in [-0.3, -0.25) is 9.59 Å². The van der Waals surface area contributed by atoms with Gasteiger partial charge in [-0.2, -0.15) is 0 Å². The number of carbonyl (C=O) groups excluding carboxylic acids is 2. The summed E-state index contributed by atoms with van der Waals surface area (Å²) >= 11 is 0. The molecule has 3 atom stereocenters. The fourth-order valence-electron chi connectivity index (χ4n) is 5.47. The maximum Gasteiger partial charge on any atom is 0.260 e. The molecule has 0 saturated carbocycles. The van der Waals surface area contributed by atoms with Crippen molar-refractivity contribution < 1.29 is 14.3 Å². The predicted molar refractivity (Wildman–Crippen MR) is 129 cm³/mol. The average Bonchev–Trinajstić information content (AvgIpc) is 3.08. The van der Waals surface area contributed by atoms with Crippen LogP contribution in [0.3, 0.4) is 0 Å². The van der Waals surface area contributed by atoms with Crippen molar-refractivity contribution in [2.75, 3.05) is 13.2 Å². The first-order valence-electron chi connectivity index (χ1n) is 12.4. The van der Waals surface area contributed by atoms with E-state index in [1.807, 2.05) is 41.2 Å². The fourth-order valence-corrected chi connectivity index (χ4v) is 5.47. The van der Waals surface area contributed by atoms with Crippen molar-refractivity contribution in [1.82, 2.24) is 14.4 Å². The molecule has 1 aromatic heterocycles. The van der Waals surface area contributed by atoms with Gasteiger partial charge in [0.2, 0.25) is 0 Å². The van der Waals surface area contributed by atoms with Gasteiger partial charge in [-0.05, 0) is 82.3 Å². The van der Waals surface area contributed by atoms with E-state index in [1.165, 1.54) is 12.1 Å². The lowest BCUT2D eigenvalue weighted by Crippen LogP contribution is -2.49. The first-order valence-corrected chi connectivity index (χ1v) is 12.4. The normalized spacial score (nSPS) is 23.8. The molecule has 2 aromatic rings. The Labute approximate surface area is 197 Å². The quantitative estimate of drug-likeness (QED) is 0.646. The lowest BCUT2D eigenvalue weighted by atomic mass is 9.97. The number of carbonyl (C=O) groups is 2. The van der Waals surface area contributed by atoms with Crippen LogP contribution in [0, 0.1) is 0 Å². The maximum absolute atomic E-state index is 13.4. The number of aromatic nitrogens is 1. The molecule has 0 N–H and O–H groups in total. The third-order valence-electron chi connectivity index (χ3n) is 7.28. The topological polar surface area (TPSA) is 54.8 Å². The predicted octanol–water partition coefficient (Wildman–Crippen LogP) is 4.95. The smallest absolute Gasteiger partial charge is 0.260 e. The van der Waals surface area contributed by atoms with Crippen LogP contribution in [0.5, 0.6) is 5.75 Å². The fraction of sp³-hybridized carbons (Fsp3) is 0.556. The third-order valence-corrected chi connectivity index (χ3v) is 7.28. The second kappa shape index (κ2) is 10.4. The minimum absolute atomic E-state index is 0.0314. The molecule has 2 saturated heterocycles. The standard InChI is InChI=1S/C27H37N3O3/c1-20-9-7-10-21(2)30(20)26(31)19-33-23-15-13-22(14-16-23)27(32)29-18-6-4-5-11-25(29)24-12-8-17-28(24)3/h8,12-17,20-21,25H,4-7,9-11,18-19H2,1-3H3/t20-,21+,25-/m1/s1. The number of likely N-dealkylation sites (tertiary alicyclic amines) is 2. The Bertz CT molecular complexity index is 942. The summed E-state index contributed by atoms with van der Waals surface area (Å²) in [6.45, 7) is 5.02. The van der Waals surface area contributed by atoms with Crippen molar-refractivity contribution in [3.8, 4) is 5.75 Å². The zero-order valence-corrected chi connectivity index (χ0v) is 20.2. The van der Waals surface area contributed by atoms with Gasteiger partial charge in [0, 0.05) is 43.1 Å². The number of hydrogen-bond acceptors (Lipinski definition) is 3. The highest BCUT2D eigenvalue weighted by atomic mass is 16.5. The van der Waals surface area contributed by atoms with Crippen molar-refractivity contribution in [2.45, 2.75) is 76.9 Å². The van der Waals surface area contributed by atoms with Crippen LogP contribution in [-0.4, -0.2) is 51.4 Å². The minimum atomic E-state index is 0.0314. The monoisotopic (exact) mass is 451 g/mol. The van der Waals surface area contributed by atoms with E-state index in [4.69, 9.17) is 4.74 Å². The van der Waals surface area contributed by atoms with E-state index in [9.17, 15) is 9.59 Å². The molecule has 0 spiro atoms. The summed E-state index contributed by atoms with van der Waals surface area (Å²) in [7, 11) is 2.04. The first-order chi connectivity index (χ1) is 16.0. The molecule has 0 aliphatic carbocycles. The Morgan fingerprint density at radius 3 is 2.33 bits per heavy atom. The van der Waals surface area contributed by atoms with E-state index < -0.39 is 0 Å². The second-order valence-corrected chi connectivity index (χ2v) is 9.65. The molecule has 2 aliphatic heterocycles. The van der Waals surface area contributed by atoms with Crippen molar-refractivity contribution >= 4 is 11.8 Å². The summed E-state index contributed by atoms with van der Waals surface area (Å²) in [6, 6.07) is 12.0. The Kier molecular flexibility index (Phi) is 7.41.